The fourth-order valence-corrected chi connectivity index (χ4v) is 4.13. The zero-order valence-electron chi connectivity index (χ0n) is 22.7. The van der Waals surface area contributed by atoms with E-state index in [2.05, 4.69) is 13.2 Å². The van der Waals surface area contributed by atoms with E-state index >= 15 is 0 Å². The van der Waals surface area contributed by atoms with Gasteiger partial charge in [0.25, 0.3) is 0 Å². The predicted molar refractivity (Wildman–Crippen MR) is 153 cm³/mol. The molecule has 0 aromatic heterocycles. The molecule has 8 heteroatoms. The number of unbranched alkanes of at least 4 members (excludes halogenated alkanes) is 1. The highest BCUT2D eigenvalue weighted by atomic mass is 16.6. The third-order valence-electron chi connectivity index (χ3n) is 6.33. The third-order valence-corrected chi connectivity index (χ3v) is 6.33. The average molecular weight is 557 g/mol. The molecule has 0 amide bonds. The molecule has 0 spiro atoms. The minimum Gasteiger partial charge on any atom is -0.494 e. The number of ether oxygens (including phenoxy) is 5. The van der Waals surface area contributed by atoms with Crippen LogP contribution in [0, 0.1) is 0 Å². The molecule has 41 heavy (non-hydrogen) atoms. The van der Waals surface area contributed by atoms with Crippen LogP contribution in [0.3, 0.4) is 0 Å². The van der Waals surface area contributed by atoms with Gasteiger partial charge in [-0.2, -0.15) is 0 Å². The van der Waals surface area contributed by atoms with Gasteiger partial charge >= 0.3 is 17.9 Å². The lowest BCUT2D eigenvalue weighted by molar-refractivity contribution is -0.139. The first kappa shape index (κ1) is 29.1. The number of esters is 3. The SMILES string of the molecule is C=CC(=O)OCCOc1ccc(-c2ccc(OC(=O)c3ccc(OCCCCC4CC(=C)C(=O)O4)cc3)cc2)cc1. The van der Waals surface area contributed by atoms with Gasteiger partial charge in [-0.15, -0.1) is 0 Å². The van der Waals surface area contributed by atoms with Crippen LogP contribution in [0.15, 0.2) is 97.6 Å². The maximum Gasteiger partial charge on any atom is 0.343 e. The minimum atomic E-state index is -0.483. The van der Waals surface area contributed by atoms with Crippen molar-refractivity contribution in [3.63, 3.8) is 0 Å². The molecular formula is C33H32O8. The Labute approximate surface area is 239 Å². The summed E-state index contributed by atoms with van der Waals surface area (Å²) in [5.74, 6) is 0.522. The number of hydrogen-bond acceptors (Lipinski definition) is 8. The highest BCUT2D eigenvalue weighted by Gasteiger charge is 2.26. The lowest BCUT2D eigenvalue weighted by Crippen LogP contribution is -2.10. The molecule has 1 aliphatic heterocycles. The van der Waals surface area contributed by atoms with E-state index in [0.29, 0.717) is 41.4 Å². The Hall–Kier alpha value is -4.85. The van der Waals surface area contributed by atoms with Crippen LogP contribution in [0.25, 0.3) is 11.1 Å². The molecule has 3 aromatic carbocycles. The summed E-state index contributed by atoms with van der Waals surface area (Å²) in [4.78, 5) is 35.0. The third kappa shape index (κ3) is 8.83. The van der Waals surface area contributed by atoms with E-state index < -0.39 is 11.9 Å². The molecule has 1 fully saturated rings. The summed E-state index contributed by atoms with van der Waals surface area (Å²) in [5.41, 5.74) is 2.88. The topological polar surface area (TPSA) is 97.4 Å². The zero-order valence-corrected chi connectivity index (χ0v) is 22.7. The molecule has 1 saturated heterocycles. The first-order chi connectivity index (χ1) is 19.9. The smallest absolute Gasteiger partial charge is 0.343 e. The lowest BCUT2D eigenvalue weighted by Gasteiger charge is -2.10. The first-order valence-corrected chi connectivity index (χ1v) is 13.4. The van der Waals surface area contributed by atoms with Crippen molar-refractivity contribution in [2.24, 2.45) is 0 Å². The summed E-state index contributed by atoms with van der Waals surface area (Å²) in [6.45, 7) is 7.95. The average Bonchev–Trinajstić information content (AvgIpc) is 3.32. The van der Waals surface area contributed by atoms with E-state index in [1.807, 2.05) is 36.4 Å². The normalized spacial score (nSPS) is 14.2. The quantitative estimate of drug-likeness (QED) is 0.102. The minimum absolute atomic E-state index is 0.0718. The fourth-order valence-electron chi connectivity index (χ4n) is 4.13. The van der Waals surface area contributed by atoms with Crippen molar-refractivity contribution in [2.75, 3.05) is 19.8 Å². The number of carbonyl (C=O) groups is 3. The Morgan fingerprint density at radius 2 is 1.39 bits per heavy atom. The van der Waals surface area contributed by atoms with Gasteiger partial charge < -0.3 is 23.7 Å². The number of cyclic esters (lactones) is 1. The summed E-state index contributed by atoms with van der Waals surface area (Å²) in [7, 11) is 0. The molecule has 1 unspecified atom stereocenters. The Bertz CT molecular complexity index is 1340. The number of carbonyl (C=O) groups excluding carboxylic acids is 3. The second-order valence-electron chi connectivity index (χ2n) is 9.36. The van der Waals surface area contributed by atoms with Gasteiger partial charge in [0.2, 0.25) is 0 Å². The van der Waals surface area contributed by atoms with Crippen LogP contribution < -0.4 is 14.2 Å². The van der Waals surface area contributed by atoms with Gasteiger partial charge in [0.1, 0.15) is 36.6 Å². The van der Waals surface area contributed by atoms with Gasteiger partial charge in [-0.1, -0.05) is 37.4 Å². The van der Waals surface area contributed by atoms with Gasteiger partial charge in [-0.3, -0.25) is 0 Å². The van der Waals surface area contributed by atoms with Gasteiger partial charge in [0.05, 0.1) is 12.2 Å². The van der Waals surface area contributed by atoms with E-state index in [1.54, 1.807) is 36.4 Å². The number of rotatable bonds is 14. The second-order valence-corrected chi connectivity index (χ2v) is 9.36. The Morgan fingerprint density at radius 1 is 0.805 bits per heavy atom. The second kappa shape index (κ2) is 14.5. The summed E-state index contributed by atoms with van der Waals surface area (Å²) in [5, 5.41) is 0. The maximum absolute atomic E-state index is 12.6. The number of hydrogen-bond donors (Lipinski definition) is 0. The summed E-state index contributed by atoms with van der Waals surface area (Å²) in [6, 6.07) is 21.5. The first-order valence-electron chi connectivity index (χ1n) is 13.4. The van der Waals surface area contributed by atoms with Crippen LogP contribution in [0.2, 0.25) is 0 Å². The summed E-state index contributed by atoms with van der Waals surface area (Å²) >= 11 is 0. The molecule has 1 heterocycles. The molecule has 1 aliphatic rings. The lowest BCUT2D eigenvalue weighted by atomic mass is 10.1. The molecular weight excluding hydrogens is 524 g/mol. The van der Waals surface area contributed by atoms with Crippen molar-refractivity contribution >= 4 is 17.9 Å². The van der Waals surface area contributed by atoms with Crippen molar-refractivity contribution in [1.82, 2.24) is 0 Å². The molecule has 0 N–H and O–H groups in total. The van der Waals surface area contributed by atoms with Crippen LogP contribution in [-0.2, 0) is 19.1 Å². The van der Waals surface area contributed by atoms with Crippen molar-refractivity contribution in [3.8, 4) is 28.4 Å². The van der Waals surface area contributed by atoms with E-state index in [1.165, 1.54) is 0 Å². The summed E-state index contributed by atoms with van der Waals surface area (Å²) < 4.78 is 27.0. The maximum atomic E-state index is 12.6. The molecule has 0 aliphatic carbocycles. The highest BCUT2D eigenvalue weighted by Crippen LogP contribution is 2.26. The largest absolute Gasteiger partial charge is 0.494 e. The molecule has 3 aromatic rings. The zero-order chi connectivity index (χ0) is 29.0. The van der Waals surface area contributed by atoms with Gasteiger partial charge in [-0.25, -0.2) is 14.4 Å². The van der Waals surface area contributed by atoms with Gasteiger partial charge in [0.15, 0.2) is 0 Å². The van der Waals surface area contributed by atoms with Crippen molar-refractivity contribution in [3.05, 3.63) is 103 Å². The van der Waals surface area contributed by atoms with Crippen molar-refractivity contribution < 1.29 is 38.1 Å². The van der Waals surface area contributed by atoms with Crippen molar-refractivity contribution in [1.29, 1.82) is 0 Å². The summed E-state index contributed by atoms with van der Waals surface area (Å²) in [6.07, 6.45) is 4.14. The van der Waals surface area contributed by atoms with E-state index in [4.69, 9.17) is 23.7 Å². The molecule has 4 rings (SSSR count). The molecule has 0 bridgehead atoms. The van der Waals surface area contributed by atoms with Crippen LogP contribution >= 0.6 is 0 Å². The van der Waals surface area contributed by atoms with Crippen LogP contribution in [0.1, 0.15) is 36.0 Å². The van der Waals surface area contributed by atoms with Crippen LogP contribution in [0.5, 0.6) is 17.2 Å². The van der Waals surface area contributed by atoms with Crippen LogP contribution in [-0.4, -0.2) is 43.8 Å². The molecule has 0 radical (unpaired) electrons. The van der Waals surface area contributed by atoms with E-state index in [9.17, 15) is 14.4 Å². The Morgan fingerprint density at radius 3 is 1.98 bits per heavy atom. The van der Waals surface area contributed by atoms with Crippen LogP contribution in [0.4, 0.5) is 0 Å². The highest BCUT2D eigenvalue weighted by molar-refractivity contribution is 5.91. The fraction of sp³-hybridized carbons (Fsp3) is 0.242. The molecule has 0 saturated carbocycles. The van der Waals surface area contributed by atoms with Gasteiger partial charge in [0, 0.05) is 18.1 Å². The standard InChI is InChI=1S/C33H32O8/c1-3-31(34)39-21-20-38-28-13-7-24(8-14-28)25-9-17-29(18-10-25)40-33(36)26-11-15-27(16-12-26)37-19-5-4-6-30-22-23(2)32(35)41-30/h3,7-18,30H,1-2,4-6,19-22H2. The molecule has 1 atom stereocenters. The Balaban J connectivity index is 1.18. The molecule has 8 nitrogen and oxygen atoms in total. The van der Waals surface area contributed by atoms with E-state index in [0.717, 1.165) is 36.5 Å². The van der Waals surface area contributed by atoms with Gasteiger partial charge in [-0.05, 0) is 78.9 Å². The van der Waals surface area contributed by atoms with Crippen molar-refractivity contribution in [2.45, 2.75) is 31.8 Å². The Kier molecular flexibility index (Phi) is 10.3. The van der Waals surface area contributed by atoms with E-state index in [-0.39, 0.29) is 25.3 Å². The monoisotopic (exact) mass is 556 g/mol. The predicted octanol–water partition coefficient (Wildman–Crippen LogP) is 6.10. The molecule has 212 valence electrons. The number of benzene rings is 3.